The number of hydrogen-bond donors (Lipinski definition) is 2. The van der Waals surface area contributed by atoms with Crippen LogP contribution < -0.4 is 16.0 Å². The van der Waals surface area contributed by atoms with Crippen molar-refractivity contribution in [1.82, 2.24) is 15.0 Å². The molecule has 0 spiro atoms. The Kier molecular flexibility index (Phi) is 19.6. The molecule has 10 aromatic rings. The van der Waals surface area contributed by atoms with E-state index in [4.69, 9.17) is 45.5 Å². The summed E-state index contributed by atoms with van der Waals surface area (Å²) in [6.07, 6.45) is 0. The third-order valence-corrected chi connectivity index (χ3v) is 13.7. The van der Waals surface area contributed by atoms with Gasteiger partial charge in [-0.25, -0.2) is 15.0 Å². The zero-order valence-corrected chi connectivity index (χ0v) is 42.9. The first-order valence-corrected chi connectivity index (χ1v) is 26.3. The second kappa shape index (κ2) is 26.7. The fraction of sp³-hybridized carbons (Fsp3) is 0.0727. The van der Waals surface area contributed by atoms with Gasteiger partial charge in [-0.2, -0.15) is 0 Å². The fourth-order valence-electron chi connectivity index (χ4n) is 6.45. The molecular weight excluding hydrogens is 1030 g/mol. The van der Waals surface area contributed by atoms with E-state index in [1.54, 1.807) is 22.7 Å². The van der Waals surface area contributed by atoms with Gasteiger partial charge in [0.25, 0.3) is 0 Å². The summed E-state index contributed by atoms with van der Waals surface area (Å²) in [5, 5.41) is 15.1. The van der Waals surface area contributed by atoms with Crippen LogP contribution in [0.5, 0.6) is 0 Å². The number of alkyl halides is 1. The Morgan fingerprint density at radius 2 is 0.824 bits per heavy atom. The first kappa shape index (κ1) is 50.1. The number of benzene rings is 7. The molecule has 342 valence electrons. The van der Waals surface area contributed by atoms with Gasteiger partial charge in [0, 0.05) is 72.9 Å². The van der Waals surface area contributed by atoms with Crippen molar-refractivity contribution in [2.75, 3.05) is 16.0 Å². The number of halogens is 4. The quantitative estimate of drug-likeness (QED) is 0.119. The van der Waals surface area contributed by atoms with Crippen molar-refractivity contribution in [3.8, 4) is 33.8 Å². The van der Waals surface area contributed by atoms with Crippen molar-refractivity contribution in [3.63, 3.8) is 0 Å². The average molecular weight is 1070 g/mol. The van der Waals surface area contributed by atoms with E-state index in [-0.39, 0.29) is 0 Å². The van der Waals surface area contributed by atoms with Crippen LogP contribution in [0.1, 0.15) is 22.3 Å². The highest BCUT2D eigenvalue weighted by atomic mass is 79.9. The van der Waals surface area contributed by atoms with Gasteiger partial charge in [-0.3, -0.25) is 0 Å². The molecule has 0 saturated carbocycles. The molecular formula is C55H46BrCl3N6S3. The Hall–Kier alpha value is -5.82. The normalized spacial score (nSPS) is 10.4. The van der Waals surface area contributed by atoms with Crippen molar-refractivity contribution in [2.45, 2.75) is 25.0 Å². The lowest BCUT2D eigenvalue weighted by atomic mass is 10.2. The summed E-state index contributed by atoms with van der Waals surface area (Å²) in [7, 11) is 0. The molecule has 0 saturated heterocycles. The van der Waals surface area contributed by atoms with Crippen LogP contribution in [0.4, 0.5) is 15.4 Å². The zero-order chi connectivity index (χ0) is 47.3. The summed E-state index contributed by atoms with van der Waals surface area (Å²) in [5.41, 5.74) is 16.7. The van der Waals surface area contributed by atoms with E-state index in [2.05, 4.69) is 120 Å². The minimum atomic E-state index is 0.588. The van der Waals surface area contributed by atoms with Crippen molar-refractivity contribution < 1.29 is 0 Å². The minimum Gasteiger partial charge on any atom is -0.375 e. The molecule has 0 bridgehead atoms. The predicted octanol–water partition coefficient (Wildman–Crippen LogP) is 17.4. The maximum Gasteiger partial charge on any atom is 0.186 e. The molecule has 0 radical (unpaired) electrons. The molecule has 3 N–H and O–H groups in total. The van der Waals surface area contributed by atoms with Crippen LogP contribution in [0.15, 0.2) is 210 Å². The van der Waals surface area contributed by atoms with Crippen LogP contribution in [0, 0.1) is 0 Å². The smallest absolute Gasteiger partial charge is 0.186 e. The number of nitrogens with two attached hydrogens (primary N) is 1. The van der Waals surface area contributed by atoms with Gasteiger partial charge in [0.05, 0.1) is 17.1 Å². The minimum absolute atomic E-state index is 0.588. The average Bonchev–Trinajstić information content (AvgIpc) is 4.18. The summed E-state index contributed by atoms with van der Waals surface area (Å²) in [5.74, 6) is 0. The molecule has 0 amide bonds. The highest BCUT2D eigenvalue weighted by Crippen LogP contribution is 2.31. The van der Waals surface area contributed by atoms with Crippen LogP contribution >= 0.6 is 84.7 Å². The van der Waals surface area contributed by atoms with Gasteiger partial charge >= 0.3 is 0 Å². The van der Waals surface area contributed by atoms with E-state index in [0.717, 1.165) is 84.1 Å². The Morgan fingerprint density at radius 1 is 0.441 bits per heavy atom. The van der Waals surface area contributed by atoms with E-state index in [9.17, 15) is 0 Å². The molecule has 6 nitrogen and oxygen atoms in total. The molecule has 68 heavy (non-hydrogen) atoms. The zero-order valence-electron chi connectivity index (χ0n) is 36.6. The SMILES string of the molecule is BrCc1ccccc1.Clc1ccc(-c2csc(N(Cc3ccccc3)Cc3ccccc3)n2)cc1.Clc1ccc(-c2csc(NCc3ccccc3)n2)cc1.Nc1nc(-c2ccc(Cl)cc2)cs1. The molecule has 0 aliphatic rings. The topological polar surface area (TPSA) is 80.0 Å². The molecule has 0 unspecified atom stereocenters. The van der Waals surface area contributed by atoms with E-state index < -0.39 is 0 Å². The number of hydrogen-bond acceptors (Lipinski definition) is 9. The lowest BCUT2D eigenvalue weighted by molar-refractivity contribution is 0.795. The Labute approximate surface area is 433 Å². The third-order valence-electron chi connectivity index (χ3n) is 9.92. The molecule has 7 aromatic carbocycles. The standard InChI is InChI=1S/C23H19ClN2S.C16H13ClN2S.C9H7ClN2S.C7H7Br/c24-21-13-11-20(12-14-21)22-17-27-23(25-22)26(15-18-7-3-1-4-8-18)16-19-9-5-2-6-10-19;17-14-8-6-13(7-9-14)15-11-20-16(19-15)18-10-12-4-2-1-3-5-12;10-7-3-1-6(2-4-7)8-5-13-9(11)12-8;8-6-7-4-2-1-3-5-7/h1-14,17H,15-16H2;1-9,11H,10H2,(H,18,19);1-5H,(H2,11,12);1-5H,6H2. The van der Waals surface area contributed by atoms with Gasteiger partial charge in [0.2, 0.25) is 0 Å². The summed E-state index contributed by atoms with van der Waals surface area (Å²) < 4.78 is 0. The fourth-order valence-corrected chi connectivity index (χ4v) is 9.33. The third kappa shape index (κ3) is 16.2. The number of rotatable bonds is 12. The number of nitrogens with one attached hydrogen (secondary N) is 1. The van der Waals surface area contributed by atoms with Crippen LogP contribution in [-0.4, -0.2) is 15.0 Å². The van der Waals surface area contributed by atoms with Crippen LogP contribution in [0.25, 0.3) is 33.8 Å². The molecule has 3 aromatic heterocycles. The second-order valence-corrected chi connectivity index (χ2v) is 19.4. The number of aromatic nitrogens is 3. The number of thiazole rings is 3. The Balaban J connectivity index is 0.000000146. The second-order valence-electron chi connectivity index (χ2n) is 14.9. The van der Waals surface area contributed by atoms with Gasteiger partial charge in [-0.1, -0.05) is 208 Å². The van der Waals surface area contributed by atoms with Crippen LogP contribution in [0.2, 0.25) is 15.1 Å². The lowest BCUT2D eigenvalue weighted by Gasteiger charge is -2.22. The summed E-state index contributed by atoms with van der Waals surface area (Å²) in [6.45, 7) is 2.43. The van der Waals surface area contributed by atoms with Gasteiger partial charge in [0.15, 0.2) is 15.4 Å². The number of nitrogen functional groups attached to an aromatic ring is 1. The van der Waals surface area contributed by atoms with E-state index in [1.165, 1.54) is 33.6 Å². The van der Waals surface area contributed by atoms with E-state index in [0.29, 0.717) is 5.13 Å². The highest BCUT2D eigenvalue weighted by Gasteiger charge is 2.14. The molecule has 0 aliphatic carbocycles. The maximum atomic E-state index is 6.01. The first-order chi connectivity index (χ1) is 33.3. The molecule has 13 heteroatoms. The Bertz CT molecular complexity index is 2930. The molecule has 3 heterocycles. The molecule has 0 fully saturated rings. The van der Waals surface area contributed by atoms with Gasteiger partial charge in [-0.05, 0) is 58.7 Å². The molecule has 10 rings (SSSR count). The number of anilines is 3. The van der Waals surface area contributed by atoms with Gasteiger partial charge in [-0.15, -0.1) is 34.0 Å². The molecule has 0 atom stereocenters. The van der Waals surface area contributed by atoms with Crippen LogP contribution in [-0.2, 0) is 25.0 Å². The van der Waals surface area contributed by atoms with Crippen molar-refractivity contribution >= 4 is 100 Å². The number of nitrogens with zero attached hydrogens (tertiary/aromatic N) is 4. The van der Waals surface area contributed by atoms with Crippen molar-refractivity contribution in [1.29, 1.82) is 0 Å². The predicted molar refractivity (Wildman–Crippen MR) is 298 cm³/mol. The summed E-state index contributed by atoms with van der Waals surface area (Å²) in [4.78, 5) is 16.0. The highest BCUT2D eigenvalue weighted by molar-refractivity contribution is 9.08. The first-order valence-electron chi connectivity index (χ1n) is 21.4. The largest absolute Gasteiger partial charge is 0.375 e. The van der Waals surface area contributed by atoms with E-state index >= 15 is 0 Å². The molecule has 0 aliphatic heterocycles. The van der Waals surface area contributed by atoms with Gasteiger partial charge in [0.1, 0.15) is 0 Å². The van der Waals surface area contributed by atoms with Gasteiger partial charge < -0.3 is 16.0 Å². The van der Waals surface area contributed by atoms with Crippen molar-refractivity contribution in [3.05, 3.63) is 248 Å². The summed E-state index contributed by atoms with van der Waals surface area (Å²) in [6, 6.07) is 64.7. The van der Waals surface area contributed by atoms with Crippen LogP contribution in [0.3, 0.4) is 0 Å². The summed E-state index contributed by atoms with van der Waals surface area (Å²) >= 11 is 25.7. The lowest BCUT2D eigenvalue weighted by Crippen LogP contribution is -2.21. The monoisotopic (exact) mass is 1070 g/mol. The van der Waals surface area contributed by atoms with Crippen molar-refractivity contribution in [2.24, 2.45) is 0 Å². The maximum absolute atomic E-state index is 6.01. The Morgan fingerprint density at radius 3 is 1.24 bits per heavy atom. The van der Waals surface area contributed by atoms with E-state index in [1.807, 2.05) is 127 Å².